The van der Waals surface area contributed by atoms with Gasteiger partial charge >= 0.3 is 6.03 Å². The number of amides is 3. The molecule has 0 radical (unpaired) electrons. The first-order chi connectivity index (χ1) is 10.1. The maximum Gasteiger partial charge on any atom is 0.325 e. The van der Waals surface area contributed by atoms with Gasteiger partial charge in [0.1, 0.15) is 5.54 Å². The average Bonchev–Trinajstić information content (AvgIpc) is 2.95. The highest BCUT2D eigenvalue weighted by Gasteiger charge is 2.62. The van der Waals surface area contributed by atoms with Crippen LogP contribution in [-0.2, 0) is 4.79 Å². The molecule has 0 aromatic rings. The highest BCUT2D eigenvalue weighted by atomic mass is 16.2. The molecular formula is C17H24N2O2. The van der Waals surface area contributed by atoms with Crippen molar-refractivity contribution in [1.29, 1.82) is 0 Å². The molecule has 5 saturated carbocycles. The molecule has 0 atom stereocenters. The van der Waals surface area contributed by atoms with Crippen molar-refractivity contribution in [2.24, 2.45) is 17.8 Å². The first kappa shape index (κ1) is 12.5. The number of nitrogens with one attached hydrogen (secondary N) is 1. The smallest absolute Gasteiger partial charge is 0.323 e. The predicted molar refractivity (Wildman–Crippen MR) is 77.5 cm³/mol. The lowest BCUT2D eigenvalue weighted by molar-refractivity contribution is -0.144. The van der Waals surface area contributed by atoms with Gasteiger partial charge in [-0.05, 0) is 69.1 Å². The van der Waals surface area contributed by atoms with Crippen molar-refractivity contribution >= 4 is 11.9 Å². The quantitative estimate of drug-likeness (QED) is 0.754. The normalized spacial score (nSPS) is 46.7. The van der Waals surface area contributed by atoms with E-state index in [1.165, 1.54) is 19.3 Å². The molecule has 0 aromatic carbocycles. The summed E-state index contributed by atoms with van der Waals surface area (Å²) in [7, 11) is 0. The van der Waals surface area contributed by atoms with Gasteiger partial charge in [-0.25, -0.2) is 4.79 Å². The zero-order valence-electron chi connectivity index (χ0n) is 12.6. The summed E-state index contributed by atoms with van der Waals surface area (Å²) in [5.41, 5.74) is -0.650. The summed E-state index contributed by atoms with van der Waals surface area (Å²) < 4.78 is 0. The number of carbonyl (C=O) groups excluding carboxylic acids is 2. The Morgan fingerprint density at radius 1 is 0.905 bits per heavy atom. The van der Waals surface area contributed by atoms with Crippen LogP contribution in [0.4, 0.5) is 4.79 Å². The number of hydrogen-bond acceptors (Lipinski definition) is 2. The summed E-state index contributed by atoms with van der Waals surface area (Å²) in [6.45, 7) is 0. The molecule has 1 spiro atoms. The van der Waals surface area contributed by atoms with Crippen molar-refractivity contribution in [3.8, 4) is 0 Å². The van der Waals surface area contributed by atoms with E-state index in [9.17, 15) is 9.59 Å². The number of nitrogens with zero attached hydrogens (tertiary/aromatic N) is 1. The van der Waals surface area contributed by atoms with Crippen LogP contribution in [0.15, 0.2) is 0 Å². The van der Waals surface area contributed by atoms with Crippen molar-refractivity contribution in [3.63, 3.8) is 0 Å². The maximum atomic E-state index is 13.1. The lowest BCUT2D eigenvalue weighted by atomic mass is 9.52. The molecule has 4 nitrogen and oxygen atoms in total. The van der Waals surface area contributed by atoms with Gasteiger partial charge in [0.05, 0.1) is 5.54 Å². The van der Waals surface area contributed by atoms with Gasteiger partial charge in [-0.1, -0.05) is 12.8 Å². The summed E-state index contributed by atoms with van der Waals surface area (Å²) in [6.07, 6.45) is 11.1. The molecule has 6 aliphatic rings. The zero-order chi connectivity index (χ0) is 14.2. The van der Waals surface area contributed by atoms with Crippen LogP contribution < -0.4 is 5.32 Å². The van der Waals surface area contributed by atoms with Gasteiger partial charge < -0.3 is 5.32 Å². The third-order valence-corrected chi connectivity index (χ3v) is 7.10. The number of urea groups is 1. The molecule has 0 unspecified atom stereocenters. The minimum absolute atomic E-state index is 0.0798. The van der Waals surface area contributed by atoms with Crippen LogP contribution in [0.2, 0.25) is 0 Å². The highest BCUT2D eigenvalue weighted by molar-refractivity contribution is 6.08. The van der Waals surface area contributed by atoms with Crippen LogP contribution in [-0.4, -0.2) is 27.9 Å². The molecule has 1 heterocycles. The third-order valence-electron chi connectivity index (χ3n) is 7.10. The largest absolute Gasteiger partial charge is 0.325 e. The van der Waals surface area contributed by atoms with Gasteiger partial charge in [0.25, 0.3) is 5.91 Å². The second-order valence-corrected chi connectivity index (χ2v) is 8.50. The summed E-state index contributed by atoms with van der Waals surface area (Å²) >= 11 is 0. The van der Waals surface area contributed by atoms with E-state index >= 15 is 0 Å². The Balaban J connectivity index is 1.52. The zero-order valence-corrected chi connectivity index (χ0v) is 12.6. The summed E-state index contributed by atoms with van der Waals surface area (Å²) in [4.78, 5) is 27.5. The summed E-state index contributed by atoms with van der Waals surface area (Å²) in [5, 5.41) is 3.09. The average molecular weight is 288 g/mol. The lowest BCUT2D eigenvalue weighted by Gasteiger charge is -2.58. The molecule has 5 aliphatic carbocycles. The Labute approximate surface area is 125 Å². The van der Waals surface area contributed by atoms with Gasteiger partial charge in [-0.15, -0.1) is 0 Å². The molecule has 4 heteroatoms. The molecule has 1 aliphatic heterocycles. The Morgan fingerprint density at radius 2 is 1.43 bits per heavy atom. The van der Waals surface area contributed by atoms with E-state index in [1.807, 2.05) is 0 Å². The second-order valence-electron chi connectivity index (χ2n) is 8.50. The van der Waals surface area contributed by atoms with Gasteiger partial charge in [0, 0.05) is 0 Å². The minimum Gasteiger partial charge on any atom is -0.323 e. The summed E-state index contributed by atoms with van der Waals surface area (Å²) in [5.74, 6) is 2.40. The highest BCUT2D eigenvalue weighted by Crippen LogP contribution is 2.59. The molecule has 0 aromatic heterocycles. The fraction of sp³-hybridized carbons (Fsp3) is 0.882. The topological polar surface area (TPSA) is 49.4 Å². The molecule has 6 rings (SSSR count). The van der Waals surface area contributed by atoms with Crippen molar-refractivity contribution in [3.05, 3.63) is 0 Å². The Morgan fingerprint density at radius 3 is 1.95 bits per heavy atom. The van der Waals surface area contributed by atoms with E-state index < -0.39 is 5.54 Å². The SMILES string of the molecule is O=C1NC2(CCCC2)C(=O)N1C12CC3CC(CC(C3)C1)C2. The van der Waals surface area contributed by atoms with Gasteiger partial charge in [-0.2, -0.15) is 0 Å². The van der Waals surface area contributed by atoms with Crippen LogP contribution >= 0.6 is 0 Å². The standard InChI is InChI=1S/C17H24N2O2/c20-14-17(3-1-2-4-17)18-15(21)19(14)16-8-11-5-12(9-16)7-13(6-11)10-16/h11-13H,1-10H2,(H,18,21). The molecule has 21 heavy (non-hydrogen) atoms. The Bertz CT molecular complexity index is 486. The van der Waals surface area contributed by atoms with Crippen LogP contribution in [0.5, 0.6) is 0 Å². The van der Waals surface area contributed by atoms with Crippen LogP contribution in [0.1, 0.15) is 64.2 Å². The first-order valence-corrected chi connectivity index (χ1v) is 8.77. The van der Waals surface area contributed by atoms with Crippen molar-refractivity contribution < 1.29 is 9.59 Å². The van der Waals surface area contributed by atoms with E-state index in [1.54, 1.807) is 4.90 Å². The number of hydrogen-bond donors (Lipinski definition) is 1. The molecular weight excluding hydrogens is 264 g/mol. The van der Waals surface area contributed by atoms with E-state index in [0.717, 1.165) is 62.7 Å². The number of imide groups is 1. The molecule has 3 amide bonds. The third kappa shape index (κ3) is 1.51. The van der Waals surface area contributed by atoms with Crippen LogP contribution in [0, 0.1) is 17.8 Å². The predicted octanol–water partition coefficient (Wildman–Crippen LogP) is 2.82. The Kier molecular flexibility index (Phi) is 2.27. The van der Waals surface area contributed by atoms with Crippen molar-refractivity contribution in [2.45, 2.75) is 75.3 Å². The molecule has 4 bridgehead atoms. The first-order valence-electron chi connectivity index (χ1n) is 8.77. The van der Waals surface area contributed by atoms with Gasteiger partial charge in [0.15, 0.2) is 0 Å². The minimum atomic E-state index is -0.527. The van der Waals surface area contributed by atoms with E-state index in [4.69, 9.17) is 0 Å². The second kappa shape index (κ2) is 3.82. The maximum absolute atomic E-state index is 13.1. The van der Waals surface area contributed by atoms with Crippen molar-refractivity contribution in [1.82, 2.24) is 10.2 Å². The molecule has 1 saturated heterocycles. The van der Waals surface area contributed by atoms with Crippen LogP contribution in [0.3, 0.4) is 0 Å². The Hall–Kier alpha value is -1.06. The van der Waals surface area contributed by atoms with E-state index in [-0.39, 0.29) is 17.5 Å². The fourth-order valence-corrected chi connectivity index (χ4v) is 6.71. The van der Waals surface area contributed by atoms with E-state index in [2.05, 4.69) is 5.32 Å². The van der Waals surface area contributed by atoms with Crippen LogP contribution in [0.25, 0.3) is 0 Å². The van der Waals surface area contributed by atoms with E-state index in [0.29, 0.717) is 0 Å². The number of carbonyl (C=O) groups is 2. The fourth-order valence-electron chi connectivity index (χ4n) is 6.71. The van der Waals surface area contributed by atoms with Crippen molar-refractivity contribution in [2.75, 3.05) is 0 Å². The number of rotatable bonds is 1. The van der Waals surface area contributed by atoms with Gasteiger partial charge in [-0.3, -0.25) is 9.69 Å². The summed E-state index contributed by atoms with van der Waals surface area (Å²) in [6, 6.07) is -0.0798. The molecule has 114 valence electrons. The lowest BCUT2D eigenvalue weighted by Crippen LogP contribution is -2.62. The molecule has 6 fully saturated rings. The monoisotopic (exact) mass is 288 g/mol. The molecule has 1 N–H and O–H groups in total. The van der Waals surface area contributed by atoms with Gasteiger partial charge in [0.2, 0.25) is 0 Å².